The van der Waals surface area contributed by atoms with E-state index < -0.39 is 12.0 Å². The van der Waals surface area contributed by atoms with Crippen molar-refractivity contribution in [3.8, 4) is 0 Å². The van der Waals surface area contributed by atoms with Gasteiger partial charge in [-0.2, -0.15) is 0 Å². The monoisotopic (exact) mass is 423 g/mol. The molecule has 6 nitrogen and oxygen atoms in total. The lowest BCUT2D eigenvalue weighted by Crippen LogP contribution is -2.33. The van der Waals surface area contributed by atoms with Gasteiger partial charge in [-0.15, -0.1) is 0 Å². The van der Waals surface area contributed by atoms with Crippen molar-refractivity contribution in [2.24, 2.45) is 5.92 Å². The first kappa shape index (κ1) is 21.8. The SMILES string of the molecule is CC1CNc2nc(CCCCO[C@@H]3CCN(C(C(=O)O)c4ccccc4)C3)ccc2C1. The van der Waals surface area contributed by atoms with Crippen molar-refractivity contribution in [1.82, 2.24) is 9.88 Å². The number of carbonyl (C=O) groups is 1. The number of hydrogen-bond acceptors (Lipinski definition) is 5. The summed E-state index contributed by atoms with van der Waals surface area (Å²) in [6.45, 7) is 5.39. The molecule has 0 amide bonds. The van der Waals surface area contributed by atoms with E-state index in [4.69, 9.17) is 9.72 Å². The Morgan fingerprint density at radius 2 is 2.10 bits per heavy atom. The molecular formula is C25H33N3O3. The summed E-state index contributed by atoms with van der Waals surface area (Å²) in [5.41, 5.74) is 3.30. The molecule has 2 aliphatic rings. The number of aliphatic carboxylic acids is 1. The highest BCUT2D eigenvalue weighted by Gasteiger charge is 2.33. The summed E-state index contributed by atoms with van der Waals surface area (Å²) in [6.07, 6.45) is 5.08. The third-order valence-electron chi connectivity index (χ3n) is 6.29. The molecule has 2 N–H and O–H groups in total. The molecule has 3 heterocycles. The van der Waals surface area contributed by atoms with Gasteiger partial charge in [0.1, 0.15) is 11.9 Å². The van der Waals surface area contributed by atoms with Gasteiger partial charge in [0.25, 0.3) is 0 Å². The molecule has 4 rings (SSSR count). The van der Waals surface area contributed by atoms with Crippen LogP contribution in [0.15, 0.2) is 42.5 Å². The Labute approximate surface area is 184 Å². The second-order valence-electron chi connectivity index (χ2n) is 8.89. The molecule has 0 spiro atoms. The quantitative estimate of drug-likeness (QED) is 0.596. The number of fused-ring (bicyclic) bond motifs is 1. The largest absolute Gasteiger partial charge is 0.480 e. The smallest absolute Gasteiger partial charge is 0.325 e. The van der Waals surface area contributed by atoms with E-state index in [9.17, 15) is 9.90 Å². The highest BCUT2D eigenvalue weighted by atomic mass is 16.5. The van der Waals surface area contributed by atoms with Crippen molar-refractivity contribution < 1.29 is 14.6 Å². The van der Waals surface area contributed by atoms with Crippen LogP contribution in [-0.4, -0.2) is 53.3 Å². The molecule has 3 atom stereocenters. The van der Waals surface area contributed by atoms with Gasteiger partial charge in [0.2, 0.25) is 0 Å². The molecule has 1 fully saturated rings. The van der Waals surface area contributed by atoms with Crippen LogP contribution in [0.2, 0.25) is 0 Å². The minimum Gasteiger partial charge on any atom is -0.480 e. The molecular weight excluding hydrogens is 390 g/mol. The van der Waals surface area contributed by atoms with Crippen LogP contribution in [0.3, 0.4) is 0 Å². The first-order chi connectivity index (χ1) is 15.1. The zero-order valence-electron chi connectivity index (χ0n) is 18.3. The van der Waals surface area contributed by atoms with Crippen molar-refractivity contribution in [3.63, 3.8) is 0 Å². The van der Waals surface area contributed by atoms with Gasteiger partial charge in [0, 0.05) is 31.9 Å². The molecule has 1 aromatic carbocycles. The zero-order valence-corrected chi connectivity index (χ0v) is 18.3. The number of nitrogens with one attached hydrogen (secondary N) is 1. The summed E-state index contributed by atoms with van der Waals surface area (Å²) in [7, 11) is 0. The van der Waals surface area contributed by atoms with Crippen molar-refractivity contribution in [1.29, 1.82) is 0 Å². The summed E-state index contributed by atoms with van der Waals surface area (Å²) in [6, 6.07) is 13.2. The minimum atomic E-state index is -0.798. The molecule has 0 bridgehead atoms. The third kappa shape index (κ3) is 5.63. The van der Waals surface area contributed by atoms with E-state index in [0.29, 0.717) is 19.1 Å². The van der Waals surface area contributed by atoms with Gasteiger partial charge in [-0.1, -0.05) is 43.3 Å². The number of ether oxygens (including phenoxy) is 1. The maximum Gasteiger partial charge on any atom is 0.325 e. The molecule has 1 saturated heterocycles. The van der Waals surface area contributed by atoms with E-state index in [1.807, 2.05) is 35.2 Å². The molecule has 2 unspecified atom stereocenters. The number of benzene rings is 1. The van der Waals surface area contributed by atoms with E-state index >= 15 is 0 Å². The minimum absolute atomic E-state index is 0.110. The molecule has 2 aromatic rings. The molecule has 0 aliphatic carbocycles. The first-order valence-corrected chi connectivity index (χ1v) is 11.5. The number of unbranched alkanes of at least 4 members (excludes halogenated alkanes) is 1. The predicted molar refractivity (Wildman–Crippen MR) is 121 cm³/mol. The number of nitrogens with zero attached hydrogens (tertiary/aromatic N) is 2. The van der Waals surface area contributed by atoms with Crippen LogP contribution < -0.4 is 5.32 Å². The first-order valence-electron chi connectivity index (χ1n) is 11.5. The fraction of sp³-hybridized carbons (Fsp3) is 0.520. The van der Waals surface area contributed by atoms with Gasteiger partial charge in [-0.3, -0.25) is 9.69 Å². The van der Waals surface area contributed by atoms with Crippen LogP contribution in [0.25, 0.3) is 0 Å². The van der Waals surface area contributed by atoms with E-state index in [0.717, 1.165) is 62.3 Å². The maximum absolute atomic E-state index is 11.8. The van der Waals surface area contributed by atoms with E-state index in [1.54, 1.807) is 0 Å². The number of likely N-dealkylation sites (tertiary alicyclic amines) is 1. The molecule has 2 aliphatic heterocycles. The maximum atomic E-state index is 11.8. The lowest BCUT2D eigenvalue weighted by molar-refractivity contribution is -0.143. The van der Waals surface area contributed by atoms with Crippen LogP contribution in [0, 0.1) is 5.92 Å². The van der Waals surface area contributed by atoms with Gasteiger partial charge in [0.15, 0.2) is 0 Å². The average Bonchev–Trinajstić information content (AvgIpc) is 3.22. The van der Waals surface area contributed by atoms with Crippen molar-refractivity contribution in [2.45, 2.75) is 51.2 Å². The number of rotatable bonds is 9. The lowest BCUT2D eigenvalue weighted by Gasteiger charge is -2.24. The summed E-state index contributed by atoms with van der Waals surface area (Å²) in [5.74, 6) is 0.930. The van der Waals surface area contributed by atoms with Gasteiger partial charge in [-0.05, 0) is 55.2 Å². The van der Waals surface area contributed by atoms with Crippen LogP contribution >= 0.6 is 0 Å². The second-order valence-corrected chi connectivity index (χ2v) is 8.89. The highest BCUT2D eigenvalue weighted by Crippen LogP contribution is 2.27. The molecule has 166 valence electrons. The average molecular weight is 424 g/mol. The van der Waals surface area contributed by atoms with Gasteiger partial charge < -0.3 is 15.2 Å². The van der Waals surface area contributed by atoms with Crippen molar-refractivity contribution >= 4 is 11.8 Å². The Morgan fingerprint density at radius 3 is 2.90 bits per heavy atom. The molecule has 31 heavy (non-hydrogen) atoms. The topological polar surface area (TPSA) is 74.7 Å². The number of aromatic nitrogens is 1. The van der Waals surface area contributed by atoms with Crippen molar-refractivity contribution in [3.05, 3.63) is 59.3 Å². The van der Waals surface area contributed by atoms with Crippen LogP contribution in [0.4, 0.5) is 5.82 Å². The number of aryl methyl sites for hydroxylation is 1. The number of pyridine rings is 1. The molecule has 0 radical (unpaired) electrons. The van der Waals surface area contributed by atoms with E-state index in [-0.39, 0.29) is 6.10 Å². The van der Waals surface area contributed by atoms with Crippen LogP contribution in [0.1, 0.15) is 49.0 Å². The molecule has 6 heteroatoms. The molecule has 1 aromatic heterocycles. The third-order valence-corrected chi connectivity index (χ3v) is 6.29. The number of hydrogen-bond donors (Lipinski definition) is 2. The van der Waals surface area contributed by atoms with Gasteiger partial charge >= 0.3 is 5.97 Å². The Kier molecular flexibility index (Phi) is 7.20. The Bertz CT molecular complexity index is 874. The second kappa shape index (κ2) is 10.2. The lowest BCUT2D eigenvalue weighted by atomic mass is 9.97. The van der Waals surface area contributed by atoms with Gasteiger partial charge in [-0.25, -0.2) is 4.98 Å². The summed E-state index contributed by atoms with van der Waals surface area (Å²) < 4.78 is 6.07. The Hall–Kier alpha value is -2.44. The predicted octanol–water partition coefficient (Wildman–Crippen LogP) is 3.93. The highest BCUT2D eigenvalue weighted by molar-refractivity contribution is 5.75. The summed E-state index contributed by atoms with van der Waals surface area (Å²) >= 11 is 0. The van der Waals surface area contributed by atoms with Gasteiger partial charge in [0.05, 0.1) is 6.10 Å². The standard InChI is InChI=1S/C25H33N3O3/c1-18-15-20-10-11-21(27-24(20)26-16-18)9-5-6-14-31-22-12-13-28(17-22)23(25(29)30)19-7-3-2-4-8-19/h2-4,7-8,10-11,18,22-23H,5-6,9,12-17H2,1H3,(H,26,27)(H,29,30)/t18?,22-,23?/m1/s1. The number of carboxylic acid groups (broad SMARTS) is 1. The van der Waals surface area contributed by atoms with Crippen LogP contribution in [0.5, 0.6) is 0 Å². The Balaban J connectivity index is 1.19. The summed E-state index contributed by atoms with van der Waals surface area (Å²) in [4.78, 5) is 18.6. The summed E-state index contributed by atoms with van der Waals surface area (Å²) in [5, 5.41) is 13.2. The van der Waals surface area contributed by atoms with Crippen molar-refractivity contribution in [2.75, 3.05) is 31.6 Å². The van der Waals surface area contributed by atoms with E-state index in [1.165, 1.54) is 5.56 Å². The Morgan fingerprint density at radius 1 is 1.26 bits per heavy atom. The van der Waals surface area contributed by atoms with Crippen LogP contribution in [-0.2, 0) is 22.4 Å². The number of anilines is 1. The molecule has 0 saturated carbocycles. The fourth-order valence-corrected chi connectivity index (χ4v) is 4.63. The zero-order chi connectivity index (χ0) is 21.6. The number of carboxylic acids is 1. The fourth-order valence-electron chi connectivity index (χ4n) is 4.63. The van der Waals surface area contributed by atoms with E-state index in [2.05, 4.69) is 24.4 Å². The normalized spacial score (nSPS) is 22.0.